The number of hydrogen-bond donors (Lipinski definition) is 2. The fourth-order valence-corrected chi connectivity index (χ4v) is 1.35. The molecule has 96 valence electrons. The molecule has 1 aromatic rings. The quantitative estimate of drug-likeness (QED) is 0.366. The van der Waals surface area contributed by atoms with E-state index in [1.807, 2.05) is 30.3 Å². The van der Waals surface area contributed by atoms with Gasteiger partial charge in [0.1, 0.15) is 11.4 Å². The molecule has 5 heteroatoms. The zero-order chi connectivity index (χ0) is 13.4. The number of carbonyl (C=O) groups excluding carboxylic acids is 1. The van der Waals surface area contributed by atoms with E-state index < -0.39 is 5.97 Å². The van der Waals surface area contributed by atoms with Gasteiger partial charge in [0.25, 0.3) is 0 Å². The van der Waals surface area contributed by atoms with Gasteiger partial charge in [-0.3, -0.25) is 4.99 Å². The minimum atomic E-state index is -0.496. The van der Waals surface area contributed by atoms with Crippen LogP contribution in [0.5, 0.6) is 0 Å². The molecule has 0 aliphatic heterocycles. The van der Waals surface area contributed by atoms with E-state index in [0.717, 1.165) is 5.69 Å². The van der Waals surface area contributed by atoms with Crippen molar-refractivity contribution < 1.29 is 9.53 Å². The van der Waals surface area contributed by atoms with E-state index in [1.54, 1.807) is 14.0 Å². The Morgan fingerprint density at radius 1 is 1.44 bits per heavy atom. The first-order chi connectivity index (χ1) is 8.72. The summed E-state index contributed by atoms with van der Waals surface area (Å²) in [5.74, 6) is -0.119. The molecule has 0 saturated heterocycles. The lowest BCUT2D eigenvalue weighted by atomic mass is 10.2. The summed E-state index contributed by atoms with van der Waals surface area (Å²) in [5.41, 5.74) is 6.48. The summed E-state index contributed by atoms with van der Waals surface area (Å²) in [6, 6.07) is 9.39. The van der Waals surface area contributed by atoms with Gasteiger partial charge >= 0.3 is 5.97 Å². The van der Waals surface area contributed by atoms with Crippen molar-refractivity contribution >= 4 is 17.5 Å². The minimum absolute atomic E-state index is 0.211. The summed E-state index contributed by atoms with van der Waals surface area (Å²) < 4.78 is 4.91. The van der Waals surface area contributed by atoms with Gasteiger partial charge in [0.05, 0.1) is 6.61 Å². The lowest BCUT2D eigenvalue weighted by Crippen LogP contribution is -2.23. The number of benzene rings is 1. The molecule has 0 heterocycles. The molecular formula is C13H17N3O2. The third-order valence-electron chi connectivity index (χ3n) is 2.18. The molecular weight excluding hydrogens is 230 g/mol. The summed E-state index contributed by atoms with van der Waals surface area (Å²) in [5, 5.41) is 3.02. The molecule has 3 N–H and O–H groups in total. The van der Waals surface area contributed by atoms with Gasteiger partial charge in [0.15, 0.2) is 0 Å². The van der Waals surface area contributed by atoms with E-state index in [2.05, 4.69) is 10.3 Å². The molecule has 0 bridgehead atoms. The Morgan fingerprint density at radius 2 is 2.11 bits per heavy atom. The summed E-state index contributed by atoms with van der Waals surface area (Å²) >= 11 is 0. The van der Waals surface area contributed by atoms with Gasteiger partial charge in [0.2, 0.25) is 0 Å². The number of nitrogens with one attached hydrogen (secondary N) is 1. The SMILES string of the molecule is CCOC(=O)/C(=C/N)C(=NC)Nc1ccccc1. The van der Waals surface area contributed by atoms with E-state index in [9.17, 15) is 4.79 Å². The average molecular weight is 247 g/mol. The van der Waals surface area contributed by atoms with Crippen molar-refractivity contribution in [1.29, 1.82) is 0 Å². The van der Waals surface area contributed by atoms with E-state index in [1.165, 1.54) is 6.20 Å². The zero-order valence-electron chi connectivity index (χ0n) is 10.5. The first-order valence-corrected chi connectivity index (χ1v) is 5.61. The minimum Gasteiger partial charge on any atom is -0.462 e. The first kappa shape index (κ1) is 13.8. The number of anilines is 1. The number of amidine groups is 1. The highest BCUT2D eigenvalue weighted by Gasteiger charge is 2.16. The number of esters is 1. The van der Waals surface area contributed by atoms with Crippen molar-refractivity contribution in [3.63, 3.8) is 0 Å². The van der Waals surface area contributed by atoms with Crippen molar-refractivity contribution in [2.45, 2.75) is 6.92 Å². The molecule has 0 atom stereocenters. The van der Waals surface area contributed by atoms with Crippen molar-refractivity contribution in [2.24, 2.45) is 10.7 Å². The molecule has 0 aromatic heterocycles. The van der Waals surface area contributed by atoms with Crippen LogP contribution in [0.1, 0.15) is 6.92 Å². The number of aliphatic imine (C=N–C) groups is 1. The van der Waals surface area contributed by atoms with Gasteiger partial charge in [-0.1, -0.05) is 18.2 Å². The van der Waals surface area contributed by atoms with Gasteiger partial charge in [-0.15, -0.1) is 0 Å². The Balaban J connectivity index is 2.87. The van der Waals surface area contributed by atoms with Crippen molar-refractivity contribution in [2.75, 3.05) is 19.0 Å². The van der Waals surface area contributed by atoms with Crippen LogP contribution in [0.15, 0.2) is 47.1 Å². The molecule has 0 aliphatic rings. The fourth-order valence-electron chi connectivity index (χ4n) is 1.35. The van der Waals surface area contributed by atoms with Crippen LogP contribution in [0.3, 0.4) is 0 Å². The van der Waals surface area contributed by atoms with Gasteiger partial charge in [-0.25, -0.2) is 4.79 Å². The van der Waals surface area contributed by atoms with Crippen LogP contribution in [0, 0.1) is 0 Å². The van der Waals surface area contributed by atoms with Crippen LogP contribution in [-0.2, 0) is 9.53 Å². The van der Waals surface area contributed by atoms with Crippen molar-refractivity contribution in [3.05, 3.63) is 42.1 Å². The summed E-state index contributed by atoms with van der Waals surface area (Å²) in [6.07, 6.45) is 1.19. The number of nitrogens with two attached hydrogens (primary N) is 1. The van der Waals surface area contributed by atoms with E-state index in [-0.39, 0.29) is 5.57 Å². The highest BCUT2D eigenvalue weighted by Crippen LogP contribution is 2.09. The fraction of sp³-hybridized carbons (Fsp3) is 0.231. The molecule has 1 aromatic carbocycles. The second-order valence-corrected chi connectivity index (χ2v) is 3.36. The number of rotatable bonds is 4. The van der Waals surface area contributed by atoms with E-state index in [4.69, 9.17) is 10.5 Å². The molecule has 0 unspecified atom stereocenters. The number of nitrogens with zero attached hydrogens (tertiary/aromatic N) is 1. The lowest BCUT2D eigenvalue weighted by molar-refractivity contribution is -0.137. The Hall–Kier alpha value is -2.30. The van der Waals surface area contributed by atoms with Crippen LogP contribution >= 0.6 is 0 Å². The Bertz CT molecular complexity index is 453. The maximum atomic E-state index is 11.7. The summed E-state index contributed by atoms with van der Waals surface area (Å²) in [4.78, 5) is 15.7. The first-order valence-electron chi connectivity index (χ1n) is 5.61. The van der Waals surface area contributed by atoms with Crippen LogP contribution in [0.4, 0.5) is 5.69 Å². The maximum absolute atomic E-state index is 11.7. The molecule has 0 amide bonds. The molecule has 5 nitrogen and oxygen atoms in total. The Morgan fingerprint density at radius 3 is 2.61 bits per heavy atom. The van der Waals surface area contributed by atoms with E-state index >= 15 is 0 Å². The average Bonchev–Trinajstić information content (AvgIpc) is 2.40. The monoisotopic (exact) mass is 247 g/mol. The van der Waals surface area contributed by atoms with Crippen LogP contribution in [0.2, 0.25) is 0 Å². The van der Waals surface area contributed by atoms with Gasteiger partial charge < -0.3 is 15.8 Å². The van der Waals surface area contributed by atoms with Gasteiger partial charge in [-0.2, -0.15) is 0 Å². The zero-order valence-corrected chi connectivity index (χ0v) is 10.5. The van der Waals surface area contributed by atoms with Crippen molar-refractivity contribution in [1.82, 2.24) is 0 Å². The van der Waals surface area contributed by atoms with E-state index in [0.29, 0.717) is 12.4 Å². The Labute approximate surface area is 106 Å². The summed E-state index contributed by atoms with van der Waals surface area (Å²) in [6.45, 7) is 2.03. The van der Waals surface area contributed by atoms with Gasteiger partial charge in [-0.05, 0) is 19.1 Å². The lowest BCUT2D eigenvalue weighted by Gasteiger charge is -2.11. The van der Waals surface area contributed by atoms with Crippen LogP contribution in [0.25, 0.3) is 0 Å². The second-order valence-electron chi connectivity index (χ2n) is 3.36. The molecule has 0 fully saturated rings. The number of para-hydroxylation sites is 1. The second kappa shape index (κ2) is 7.11. The molecule has 0 spiro atoms. The highest BCUT2D eigenvalue weighted by atomic mass is 16.5. The molecule has 18 heavy (non-hydrogen) atoms. The normalized spacial score (nSPS) is 12.1. The predicted octanol–water partition coefficient (Wildman–Crippen LogP) is 1.53. The standard InChI is InChI=1S/C13H17N3O2/c1-3-18-13(17)11(9-14)12(15-2)16-10-7-5-4-6-8-10/h4-9H,3,14H2,1-2H3,(H,15,16)/b11-9+. The Kier molecular flexibility index (Phi) is 5.44. The largest absolute Gasteiger partial charge is 0.462 e. The van der Waals surface area contributed by atoms with Crippen molar-refractivity contribution in [3.8, 4) is 0 Å². The number of carbonyl (C=O) groups is 1. The summed E-state index contributed by atoms with van der Waals surface area (Å²) in [7, 11) is 1.58. The number of hydrogen-bond acceptors (Lipinski definition) is 4. The molecule has 0 radical (unpaired) electrons. The van der Waals surface area contributed by atoms with Crippen LogP contribution in [-0.4, -0.2) is 25.5 Å². The topological polar surface area (TPSA) is 76.7 Å². The number of ether oxygens (including phenoxy) is 1. The van der Waals surface area contributed by atoms with Gasteiger partial charge in [0, 0.05) is 18.9 Å². The molecule has 0 aliphatic carbocycles. The smallest absolute Gasteiger partial charge is 0.343 e. The van der Waals surface area contributed by atoms with Crippen LogP contribution < -0.4 is 11.1 Å². The third kappa shape index (κ3) is 3.62. The predicted molar refractivity (Wildman–Crippen MR) is 72.3 cm³/mol. The maximum Gasteiger partial charge on any atom is 0.343 e. The molecule has 0 saturated carbocycles. The highest BCUT2D eigenvalue weighted by molar-refractivity contribution is 6.23. The molecule has 1 rings (SSSR count). The third-order valence-corrected chi connectivity index (χ3v) is 2.18.